The predicted octanol–water partition coefficient (Wildman–Crippen LogP) is 6.49. The zero-order chi connectivity index (χ0) is 24.9. The van der Waals surface area contributed by atoms with Crippen LogP contribution in [-0.2, 0) is 11.4 Å². The average Bonchev–Trinajstić information content (AvgIpc) is 3.12. The molecule has 6 nitrogen and oxygen atoms in total. The van der Waals surface area contributed by atoms with Crippen LogP contribution in [0.15, 0.2) is 81.1 Å². The zero-order valence-electron chi connectivity index (χ0n) is 18.6. The van der Waals surface area contributed by atoms with Crippen LogP contribution >= 0.6 is 27.7 Å². The van der Waals surface area contributed by atoms with Gasteiger partial charge in [-0.05, 0) is 78.9 Å². The van der Waals surface area contributed by atoms with Gasteiger partial charge in [0.15, 0.2) is 5.17 Å². The fourth-order valence-corrected chi connectivity index (χ4v) is 4.81. The third kappa shape index (κ3) is 5.98. The Morgan fingerprint density at radius 3 is 2.71 bits per heavy atom. The zero-order valence-corrected chi connectivity index (χ0v) is 21.0. The minimum absolute atomic E-state index is 0.120. The molecule has 1 aliphatic heterocycles. The minimum atomic E-state index is -1.05. The predicted molar refractivity (Wildman–Crippen MR) is 138 cm³/mol. The van der Waals surface area contributed by atoms with Gasteiger partial charge in [0, 0.05) is 16.6 Å². The Labute approximate surface area is 214 Å². The Balaban J connectivity index is 1.63. The van der Waals surface area contributed by atoms with Gasteiger partial charge < -0.3 is 9.84 Å². The number of carboxylic acid groups (broad SMARTS) is 1. The Morgan fingerprint density at radius 1 is 1.17 bits per heavy atom. The molecule has 3 aromatic carbocycles. The van der Waals surface area contributed by atoms with Gasteiger partial charge in [-0.25, -0.2) is 14.2 Å². The molecule has 4 rings (SSSR count). The van der Waals surface area contributed by atoms with E-state index in [1.54, 1.807) is 36.4 Å². The van der Waals surface area contributed by atoms with Crippen molar-refractivity contribution in [3.8, 4) is 5.75 Å². The third-order valence-electron chi connectivity index (χ3n) is 5.06. The van der Waals surface area contributed by atoms with Crippen molar-refractivity contribution in [2.75, 3.05) is 6.54 Å². The number of halogens is 2. The fourth-order valence-electron chi connectivity index (χ4n) is 3.38. The molecular formula is C26H20BrFN2O4S. The summed E-state index contributed by atoms with van der Waals surface area (Å²) < 4.78 is 20.3. The number of nitrogens with zero attached hydrogens (tertiary/aromatic N) is 2. The Kier molecular flexibility index (Phi) is 7.67. The molecule has 0 unspecified atom stereocenters. The number of hydrogen-bond acceptors (Lipinski definition) is 5. The number of amidine groups is 1. The van der Waals surface area contributed by atoms with Gasteiger partial charge in [-0.1, -0.05) is 34.1 Å². The van der Waals surface area contributed by atoms with Crippen LogP contribution in [-0.4, -0.2) is 33.6 Å². The monoisotopic (exact) mass is 554 g/mol. The van der Waals surface area contributed by atoms with E-state index < -0.39 is 5.97 Å². The lowest BCUT2D eigenvalue weighted by Crippen LogP contribution is -2.28. The van der Waals surface area contributed by atoms with Crippen molar-refractivity contribution in [3.05, 3.63) is 98.6 Å². The smallest absolute Gasteiger partial charge is 0.335 e. The number of aliphatic imine (C=N–C) groups is 1. The summed E-state index contributed by atoms with van der Waals surface area (Å²) in [5, 5.41) is 9.69. The van der Waals surface area contributed by atoms with Crippen molar-refractivity contribution in [1.82, 2.24) is 4.90 Å². The summed E-state index contributed by atoms with van der Waals surface area (Å²) in [6, 6.07) is 17.9. The van der Waals surface area contributed by atoms with Crippen LogP contribution in [0.1, 0.15) is 28.4 Å². The number of thioether (sulfide) groups is 1. The van der Waals surface area contributed by atoms with Gasteiger partial charge in [0.25, 0.3) is 5.91 Å². The molecule has 0 atom stereocenters. The molecule has 0 bridgehead atoms. The highest BCUT2D eigenvalue weighted by Gasteiger charge is 2.32. The molecule has 0 saturated carbocycles. The molecule has 35 heavy (non-hydrogen) atoms. The molecule has 1 heterocycles. The highest BCUT2D eigenvalue weighted by atomic mass is 79.9. The van der Waals surface area contributed by atoms with Crippen molar-refractivity contribution < 1.29 is 23.8 Å². The summed E-state index contributed by atoms with van der Waals surface area (Å²) >= 11 is 4.66. The van der Waals surface area contributed by atoms with Crippen molar-refractivity contribution >= 4 is 56.5 Å². The highest BCUT2D eigenvalue weighted by Crippen LogP contribution is 2.36. The summed E-state index contributed by atoms with van der Waals surface area (Å²) in [7, 11) is 0. The van der Waals surface area contributed by atoms with E-state index in [1.807, 2.05) is 19.1 Å². The molecule has 1 N–H and O–H groups in total. The molecule has 0 aromatic heterocycles. The molecule has 0 spiro atoms. The first kappa shape index (κ1) is 24.7. The minimum Gasteiger partial charge on any atom is -0.488 e. The first-order valence-corrected chi connectivity index (χ1v) is 12.2. The maximum Gasteiger partial charge on any atom is 0.335 e. The van der Waals surface area contributed by atoms with Crippen molar-refractivity contribution in [1.29, 1.82) is 0 Å². The SMILES string of the molecule is CCN1C(=O)/C(=C/c2cc(Br)ccc2OCc2cccc(F)c2)SC1=Nc1cccc(C(=O)O)c1. The van der Waals surface area contributed by atoms with E-state index in [4.69, 9.17) is 4.74 Å². The highest BCUT2D eigenvalue weighted by molar-refractivity contribution is 9.10. The van der Waals surface area contributed by atoms with Gasteiger partial charge in [-0.3, -0.25) is 9.69 Å². The quantitative estimate of drug-likeness (QED) is 0.337. The number of amides is 1. The fraction of sp³-hybridized carbons (Fsp3) is 0.115. The van der Waals surface area contributed by atoms with E-state index >= 15 is 0 Å². The van der Waals surface area contributed by atoms with Gasteiger partial charge in [0.2, 0.25) is 0 Å². The van der Waals surface area contributed by atoms with Crippen LogP contribution in [0.2, 0.25) is 0 Å². The number of carbonyl (C=O) groups excluding carboxylic acids is 1. The van der Waals surface area contributed by atoms with Gasteiger partial charge in [-0.15, -0.1) is 0 Å². The first-order valence-electron chi connectivity index (χ1n) is 10.6. The van der Waals surface area contributed by atoms with Crippen LogP contribution < -0.4 is 4.74 Å². The molecule has 0 radical (unpaired) electrons. The van der Waals surface area contributed by atoms with E-state index in [2.05, 4.69) is 20.9 Å². The second-order valence-electron chi connectivity index (χ2n) is 7.51. The summed E-state index contributed by atoms with van der Waals surface area (Å²) in [6.45, 7) is 2.42. The van der Waals surface area contributed by atoms with Gasteiger partial charge in [0.05, 0.1) is 16.2 Å². The van der Waals surface area contributed by atoms with Gasteiger partial charge >= 0.3 is 5.97 Å². The van der Waals surface area contributed by atoms with Crippen LogP contribution in [0.5, 0.6) is 5.75 Å². The number of ether oxygens (including phenoxy) is 1. The second-order valence-corrected chi connectivity index (χ2v) is 9.44. The van der Waals surface area contributed by atoms with Crippen LogP contribution in [0, 0.1) is 5.82 Å². The Hall–Kier alpha value is -3.43. The molecule has 1 aliphatic rings. The molecule has 0 aliphatic carbocycles. The molecular weight excluding hydrogens is 535 g/mol. The van der Waals surface area contributed by atoms with E-state index in [1.165, 1.54) is 40.9 Å². The largest absolute Gasteiger partial charge is 0.488 e. The van der Waals surface area contributed by atoms with E-state index in [9.17, 15) is 19.1 Å². The number of likely N-dealkylation sites (N-methyl/N-ethyl adjacent to an activating group) is 1. The summed E-state index contributed by atoms with van der Waals surface area (Å²) in [5.74, 6) is -1.05. The van der Waals surface area contributed by atoms with Crippen LogP contribution in [0.3, 0.4) is 0 Å². The van der Waals surface area contributed by atoms with Crippen LogP contribution in [0.4, 0.5) is 10.1 Å². The molecule has 3 aromatic rings. The van der Waals surface area contributed by atoms with Gasteiger partial charge in [0.1, 0.15) is 18.2 Å². The number of aromatic carboxylic acids is 1. The Bertz CT molecular complexity index is 1360. The first-order chi connectivity index (χ1) is 16.8. The molecule has 9 heteroatoms. The van der Waals surface area contributed by atoms with Crippen LogP contribution in [0.25, 0.3) is 6.08 Å². The normalized spacial score (nSPS) is 15.7. The van der Waals surface area contributed by atoms with Crippen molar-refractivity contribution in [2.24, 2.45) is 4.99 Å². The lowest BCUT2D eigenvalue weighted by atomic mass is 10.1. The van der Waals surface area contributed by atoms with E-state index in [0.29, 0.717) is 39.2 Å². The summed E-state index contributed by atoms with van der Waals surface area (Å²) in [4.78, 5) is 30.9. The number of carbonyl (C=O) groups is 2. The van der Waals surface area contributed by atoms with Crippen molar-refractivity contribution in [2.45, 2.75) is 13.5 Å². The summed E-state index contributed by atoms with van der Waals surface area (Å²) in [5.41, 5.74) is 1.93. The standard InChI is InChI=1S/C26H20BrFN2O4S/c1-2-30-24(31)23(35-26(30)29-21-8-4-6-17(13-21)25(32)33)14-18-12-19(27)9-10-22(18)34-15-16-5-3-7-20(28)11-16/h3-14H,2,15H2,1H3,(H,32,33)/b23-14-,29-26?. The van der Waals surface area contributed by atoms with E-state index in [-0.39, 0.29) is 23.9 Å². The van der Waals surface area contributed by atoms with Crippen molar-refractivity contribution in [3.63, 3.8) is 0 Å². The lowest BCUT2D eigenvalue weighted by Gasteiger charge is -2.12. The number of carboxylic acids is 1. The van der Waals surface area contributed by atoms with E-state index in [0.717, 1.165) is 4.47 Å². The number of benzene rings is 3. The maximum atomic E-state index is 13.5. The maximum absolute atomic E-state index is 13.5. The number of rotatable bonds is 7. The molecule has 1 fully saturated rings. The molecule has 1 amide bonds. The third-order valence-corrected chi connectivity index (χ3v) is 6.56. The molecule has 178 valence electrons. The summed E-state index contributed by atoms with van der Waals surface area (Å²) in [6.07, 6.45) is 1.73. The second kappa shape index (κ2) is 10.9. The Morgan fingerprint density at radius 2 is 1.97 bits per heavy atom. The van der Waals surface area contributed by atoms with Gasteiger partial charge in [-0.2, -0.15) is 0 Å². The lowest BCUT2D eigenvalue weighted by molar-refractivity contribution is -0.122. The topological polar surface area (TPSA) is 79.2 Å². The molecule has 1 saturated heterocycles. The number of hydrogen-bond donors (Lipinski definition) is 1. The average molecular weight is 555 g/mol.